The molecule has 1 heterocycles. The predicted octanol–water partition coefficient (Wildman–Crippen LogP) is 1.74. The zero-order chi connectivity index (χ0) is 11.1. The monoisotopic (exact) mass is 208 g/mol. The summed E-state index contributed by atoms with van der Waals surface area (Å²) in [6.45, 7) is 1.91. The van der Waals surface area contributed by atoms with Gasteiger partial charge in [0, 0.05) is 12.5 Å². The number of esters is 1. The summed E-state index contributed by atoms with van der Waals surface area (Å²) in [5.74, 6) is -0.298. The summed E-state index contributed by atoms with van der Waals surface area (Å²) in [6.07, 6.45) is 11.1. The molecule has 3 heteroatoms. The summed E-state index contributed by atoms with van der Waals surface area (Å²) in [4.78, 5) is 10.9. The molecule has 0 bridgehead atoms. The minimum absolute atomic E-state index is 0.175. The van der Waals surface area contributed by atoms with Crippen molar-refractivity contribution in [3.63, 3.8) is 0 Å². The van der Waals surface area contributed by atoms with Crippen LogP contribution in [-0.2, 0) is 9.53 Å². The lowest BCUT2D eigenvalue weighted by Crippen LogP contribution is -2.17. The Bertz CT molecular complexity index is 289. The van der Waals surface area contributed by atoms with Gasteiger partial charge in [-0.15, -0.1) is 0 Å². The zero-order valence-corrected chi connectivity index (χ0v) is 8.80. The number of aliphatic hydroxyl groups is 1. The summed E-state index contributed by atoms with van der Waals surface area (Å²) in [7, 11) is 0. The molecule has 0 fully saturated rings. The smallest absolute Gasteiger partial charge is 0.331 e. The maximum Gasteiger partial charge on any atom is 0.331 e. The molecule has 15 heavy (non-hydrogen) atoms. The molecule has 1 rings (SSSR count). The van der Waals surface area contributed by atoms with Gasteiger partial charge in [-0.25, -0.2) is 4.79 Å². The summed E-state index contributed by atoms with van der Waals surface area (Å²) in [5, 5.41) is 9.22. The van der Waals surface area contributed by atoms with Crippen LogP contribution in [0.2, 0.25) is 0 Å². The van der Waals surface area contributed by atoms with Crippen LogP contribution in [0.3, 0.4) is 0 Å². The molecule has 0 saturated heterocycles. The van der Waals surface area contributed by atoms with Crippen molar-refractivity contribution in [1.82, 2.24) is 0 Å². The first-order valence-corrected chi connectivity index (χ1v) is 5.12. The van der Waals surface area contributed by atoms with Crippen LogP contribution in [0, 0.1) is 0 Å². The second-order valence-corrected chi connectivity index (χ2v) is 3.36. The number of hydrogen-bond acceptors (Lipinski definition) is 3. The molecule has 82 valence electrons. The first-order valence-electron chi connectivity index (χ1n) is 5.12. The van der Waals surface area contributed by atoms with E-state index in [1.54, 1.807) is 30.4 Å². The predicted molar refractivity (Wildman–Crippen MR) is 58.2 cm³/mol. The van der Waals surface area contributed by atoms with Crippen LogP contribution in [0.5, 0.6) is 0 Å². The van der Waals surface area contributed by atoms with E-state index in [-0.39, 0.29) is 12.1 Å². The lowest BCUT2D eigenvalue weighted by Gasteiger charge is -2.14. The summed E-state index contributed by atoms with van der Waals surface area (Å²) in [6, 6.07) is 0. The Hall–Kier alpha value is -1.35. The third kappa shape index (κ3) is 4.61. The highest BCUT2D eigenvalue weighted by Gasteiger charge is 2.11. The topological polar surface area (TPSA) is 46.5 Å². The normalized spacial score (nSPS) is 23.6. The van der Waals surface area contributed by atoms with Gasteiger partial charge >= 0.3 is 5.97 Å². The maximum atomic E-state index is 10.9. The van der Waals surface area contributed by atoms with Crippen LogP contribution in [0.1, 0.15) is 19.8 Å². The van der Waals surface area contributed by atoms with E-state index in [2.05, 4.69) is 0 Å². The van der Waals surface area contributed by atoms with Gasteiger partial charge in [0.25, 0.3) is 0 Å². The Labute approximate surface area is 89.7 Å². The van der Waals surface area contributed by atoms with Gasteiger partial charge in [-0.1, -0.05) is 31.2 Å². The van der Waals surface area contributed by atoms with Gasteiger partial charge < -0.3 is 9.84 Å². The van der Waals surface area contributed by atoms with Gasteiger partial charge in [0.1, 0.15) is 6.10 Å². The minimum Gasteiger partial charge on any atom is -0.455 e. The highest BCUT2D eigenvalue weighted by Crippen LogP contribution is 2.08. The third-order valence-corrected chi connectivity index (χ3v) is 2.08. The summed E-state index contributed by atoms with van der Waals surface area (Å²) >= 11 is 0. The molecule has 0 aromatic heterocycles. The maximum absolute atomic E-state index is 10.9. The van der Waals surface area contributed by atoms with Crippen molar-refractivity contribution in [3.05, 3.63) is 36.5 Å². The quantitative estimate of drug-likeness (QED) is 0.565. The number of ether oxygens (including phenoxy) is 1. The van der Waals surface area contributed by atoms with Crippen molar-refractivity contribution in [1.29, 1.82) is 0 Å². The van der Waals surface area contributed by atoms with E-state index in [4.69, 9.17) is 4.74 Å². The van der Waals surface area contributed by atoms with Crippen LogP contribution in [0.15, 0.2) is 36.5 Å². The second kappa shape index (κ2) is 6.19. The van der Waals surface area contributed by atoms with E-state index in [0.717, 1.165) is 0 Å². The summed E-state index contributed by atoms with van der Waals surface area (Å²) in [5.41, 5.74) is 0. The average molecular weight is 208 g/mol. The fourth-order valence-electron chi connectivity index (χ4n) is 1.17. The fraction of sp³-hybridized carbons (Fsp3) is 0.417. The number of rotatable bonds is 4. The molecular formula is C12H16O3. The first-order chi connectivity index (χ1) is 7.22. The molecule has 0 aliphatic carbocycles. The van der Waals surface area contributed by atoms with Crippen molar-refractivity contribution < 1.29 is 14.6 Å². The molecule has 1 aliphatic heterocycles. The average Bonchev–Trinajstić information content (AvgIpc) is 2.24. The third-order valence-electron chi connectivity index (χ3n) is 2.08. The SMILES string of the molecule is CC[C@@H](O)/C=C/C=C\[C@H]1CC=CC(=O)O1. The molecule has 0 aromatic carbocycles. The fourth-order valence-corrected chi connectivity index (χ4v) is 1.17. The van der Waals surface area contributed by atoms with Gasteiger partial charge in [-0.3, -0.25) is 0 Å². The van der Waals surface area contributed by atoms with E-state index in [9.17, 15) is 9.90 Å². The molecule has 0 amide bonds. The number of cyclic esters (lactones) is 1. The van der Waals surface area contributed by atoms with E-state index in [1.807, 2.05) is 6.92 Å². The molecule has 0 aromatic rings. The lowest BCUT2D eigenvalue weighted by atomic mass is 10.2. The Morgan fingerprint density at radius 1 is 1.67 bits per heavy atom. The molecule has 3 nitrogen and oxygen atoms in total. The van der Waals surface area contributed by atoms with Crippen LogP contribution in [0.4, 0.5) is 0 Å². The molecule has 1 N–H and O–H groups in total. The van der Waals surface area contributed by atoms with Gasteiger partial charge in [0.15, 0.2) is 0 Å². The van der Waals surface area contributed by atoms with Gasteiger partial charge in [-0.05, 0) is 12.5 Å². The van der Waals surface area contributed by atoms with E-state index < -0.39 is 6.10 Å². The molecule has 0 spiro atoms. The Balaban J connectivity index is 2.35. The van der Waals surface area contributed by atoms with Crippen molar-refractivity contribution >= 4 is 5.97 Å². The van der Waals surface area contributed by atoms with E-state index >= 15 is 0 Å². The van der Waals surface area contributed by atoms with Crippen LogP contribution >= 0.6 is 0 Å². The van der Waals surface area contributed by atoms with Crippen molar-refractivity contribution in [2.24, 2.45) is 0 Å². The largest absolute Gasteiger partial charge is 0.455 e. The molecule has 0 radical (unpaired) electrons. The van der Waals surface area contributed by atoms with Crippen molar-refractivity contribution in [2.75, 3.05) is 0 Å². The first kappa shape index (κ1) is 11.7. The van der Waals surface area contributed by atoms with Crippen LogP contribution < -0.4 is 0 Å². The molecule has 0 saturated carbocycles. The highest BCUT2D eigenvalue weighted by molar-refractivity contribution is 5.82. The standard InChI is InChI=1S/C12H16O3/c1-2-10(13)6-3-4-7-11-8-5-9-12(14)15-11/h3-7,9-11,13H,2,8H2,1H3/b6-3+,7-4-/t10-,11+/m1/s1. The molecule has 1 aliphatic rings. The number of allylic oxidation sites excluding steroid dienone is 2. The van der Waals surface area contributed by atoms with Crippen molar-refractivity contribution in [2.45, 2.75) is 32.0 Å². The Morgan fingerprint density at radius 2 is 2.47 bits per heavy atom. The zero-order valence-electron chi connectivity index (χ0n) is 8.80. The van der Waals surface area contributed by atoms with Crippen molar-refractivity contribution in [3.8, 4) is 0 Å². The Kier molecular flexibility index (Phi) is 4.84. The minimum atomic E-state index is -0.400. The number of aliphatic hydroxyl groups excluding tert-OH is 1. The Morgan fingerprint density at radius 3 is 3.13 bits per heavy atom. The number of carbonyl (C=O) groups is 1. The molecular weight excluding hydrogens is 192 g/mol. The molecule has 0 unspecified atom stereocenters. The van der Waals surface area contributed by atoms with Gasteiger partial charge in [-0.2, -0.15) is 0 Å². The second-order valence-electron chi connectivity index (χ2n) is 3.36. The lowest BCUT2D eigenvalue weighted by molar-refractivity contribution is -0.141. The molecule has 2 atom stereocenters. The van der Waals surface area contributed by atoms with E-state index in [1.165, 1.54) is 6.08 Å². The van der Waals surface area contributed by atoms with E-state index in [0.29, 0.717) is 12.8 Å². The van der Waals surface area contributed by atoms with Crippen LogP contribution in [0.25, 0.3) is 0 Å². The number of hydrogen-bond donors (Lipinski definition) is 1. The van der Waals surface area contributed by atoms with Crippen LogP contribution in [-0.4, -0.2) is 23.3 Å². The van der Waals surface area contributed by atoms with Gasteiger partial charge in [0.05, 0.1) is 6.10 Å². The van der Waals surface area contributed by atoms with Gasteiger partial charge in [0.2, 0.25) is 0 Å². The summed E-state index contributed by atoms with van der Waals surface area (Å²) < 4.78 is 5.01. The number of carbonyl (C=O) groups excluding carboxylic acids is 1. The highest BCUT2D eigenvalue weighted by atomic mass is 16.5.